The normalized spacial score (nSPS) is 39.8. The molecule has 0 aromatic carbocycles. The highest BCUT2D eigenvalue weighted by Gasteiger charge is 2.18. The number of halogens is 1. The maximum atomic E-state index is 5.74. The Morgan fingerprint density at radius 3 is 2.75 bits per heavy atom. The summed E-state index contributed by atoms with van der Waals surface area (Å²) >= 11 is 5.74. The van der Waals surface area contributed by atoms with Crippen LogP contribution in [0.3, 0.4) is 0 Å². The largest absolute Gasteiger partial charge is 0.362 e. The Labute approximate surface area is 55.0 Å². The molecule has 0 aromatic rings. The second kappa shape index (κ2) is 2.70. The van der Waals surface area contributed by atoms with Crippen LogP contribution in [0, 0.1) is 5.92 Å². The first-order valence-electron chi connectivity index (χ1n) is 3.06. The van der Waals surface area contributed by atoms with Crippen molar-refractivity contribution in [3.8, 4) is 0 Å². The molecule has 1 fully saturated rings. The zero-order valence-corrected chi connectivity index (χ0v) is 5.82. The summed E-state index contributed by atoms with van der Waals surface area (Å²) in [6.07, 6.45) is 2.39. The summed E-state index contributed by atoms with van der Waals surface area (Å²) in [5, 5.41) is 0. The van der Waals surface area contributed by atoms with Gasteiger partial charge in [-0.3, -0.25) is 0 Å². The third kappa shape index (κ3) is 1.36. The van der Waals surface area contributed by atoms with E-state index in [1.807, 2.05) is 0 Å². The van der Waals surface area contributed by atoms with E-state index in [4.69, 9.17) is 16.3 Å². The molecule has 0 radical (unpaired) electrons. The van der Waals surface area contributed by atoms with Crippen LogP contribution in [-0.4, -0.2) is 12.2 Å². The second-order valence-electron chi connectivity index (χ2n) is 2.34. The van der Waals surface area contributed by atoms with Crippen LogP contribution in [0.5, 0.6) is 0 Å². The molecule has 0 spiro atoms. The van der Waals surface area contributed by atoms with Gasteiger partial charge in [-0.15, -0.1) is 0 Å². The van der Waals surface area contributed by atoms with E-state index in [9.17, 15) is 0 Å². The zero-order chi connectivity index (χ0) is 5.98. The van der Waals surface area contributed by atoms with Crippen molar-refractivity contribution < 1.29 is 4.74 Å². The highest BCUT2D eigenvalue weighted by Crippen LogP contribution is 2.22. The molecule has 48 valence electrons. The van der Waals surface area contributed by atoms with Crippen molar-refractivity contribution in [3.63, 3.8) is 0 Å². The number of hydrogen-bond donors (Lipinski definition) is 0. The molecule has 1 saturated heterocycles. The van der Waals surface area contributed by atoms with E-state index in [2.05, 4.69) is 6.92 Å². The minimum absolute atomic E-state index is 0.0243. The summed E-state index contributed by atoms with van der Waals surface area (Å²) in [5.41, 5.74) is -0.0243. The van der Waals surface area contributed by atoms with Crippen LogP contribution in [0.15, 0.2) is 0 Å². The van der Waals surface area contributed by atoms with Crippen LogP contribution < -0.4 is 0 Å². The Hall–Kier alpha value is 0.250. The maximum absolute atomic E-state index is 5.74. The Kier molecular flexibility index (Phi) is 2.15. The standard InChI is InChI=1S/C6H11ClO/c1-5-3-2-4-8-6(5)7/h5-6H,2-4H2,1H3. The molecule has 0 amide bonds. The molecule has 8 heavy (non-hydrogen) atoms. The number of hydrogen-bond acceptors (Lipinski definition) is 1. The average Bonchev–Trinajstić information content (AvgIpc) is 1.77. The van der Waals surface area contributed by atoms with Gasteiger partial charge in [0, 0.05) is 6.61 Å². The van der Waals surface area contributed by atoms with Crippen molar-refractivity contribution >= 4 is 11.6 Å². The van der Waals surface area contributed by atoms with Crippen LogP contribution in [-0.2, 0) is 4.74 Å². The zero-order valence-electron chi connectivity index (χ0n) is 5.06. The predicted octanol–water partition coefficient (Wildman–Crippen LogP) is 2.00. The Morgan fingerprint density at radius 2 is 2.38 bits per heavy atom. The van der Waals surface area contributed by atoms with E-state index in [1.54, 1.807) is 0 Å². The molecule has 0 aromatic heterocycles. The third-order valence-electron chi connectivity index (χ3n) is 1.53. The van der Waals surface area contributed by atoms with Gasteiger partial charge in [-0.25, -0.2) is 0 Å². The number of ether oxygens (including phenoxy) is 1. The van der Waals surface area contributed by atoms with Crippen molar-refractivity contribution in [1.82, 2.24) is 0 Å². The highest BCUT2D eigenvalue weighted by molar-refractivity contribution is 6.19. The minimum Gasteiger partial charge on any atom is -0.362 e. The summed E-state index contributed by atoms with van der Waals surface area (Å²) in [6.45, 7) is 2.97. The van der Waals surface area contributed by atoms with Gasteiger partial charge in [-0.1, -0.05) is 18.5 Å². The van der Waals surface area contributed by atoms with Crippen LogP contribution >= 0.6 is 11.6 Å². The number of rotatable bonds is 0. The van der Waals surface area contributed by atoms with E-state index in [0.717, 1.165) is 6.61 Å². The van der Waals surface area contributed by atoms with Gasteiger partial charge in [0.25, 0.3) is 0 Å². The van der Waals surface area contributed by atoms with E-state index in [0.29, 0.717) is 5.92 Å². The molecular formula is C6H11ClO. The molecule has 1 aliphatic heterocycles. The lowest BCUT2D eigenvalue weighted by Crippen LogP contribution is -2.21. The molecule has 0 bridgehead atoms. The molecule has 0 saturated carbocycles. The average molecular weight is 135 g/mol. The Bertz CT molecular complexity index is 64.9. The third-order valence-corrected chi connectivity index (χ3v) is 2.08. The molecule has 2 heteroatoms. The van der Waals surface area contributed by atoms with Crippen molar-refractivity contribution in [2.75, 3.05) is 6.61 Å². The predicted molar refractivity (Wildman–Crippen MR) is 34.0 cm³/mol. The smallest absolute Gasteiger partial charge is 0.133 e. The summed E-state index contributed by atoms with van der Waals surface area (Å²) in [7, 11) is 0. The Balaban J connectivity index is 2.28. The first-order valence-corrected chi connectivity index (χ1v) is 3.50. The Morgan fingerprint density at radius 1 is 1.62 bits per heavy atom. The fourth-order valence-electron chi connectivity index (χ4n) is 0.897. The topological polar surface area (TPSA) is 9.23 Å². The lowest BCUT2D eigenvalue weighted by atomic mass is 10.1. The fourth-order valence-corrected chi connectivity index (χ4v) is 1.11. The monoisotopic (exact) mass is 134 g/mol. The van der Waals surface area contributed by atoms with Crippen LogP contribution in [0.4, 0.5) is 0 Å². The second-order valence-corrected chi connectivity index (χ2v) is 2.77. The number of alkyl halides is 1. The van der Waals surface area contributed by atoms with Crippen LogP contribution in [0.2, 0.25) is 0 Å². The molecular weight excluding hydrogens is 124 g/mol. The molecule has 0 N–H and O–H groups in total. The van der Waals surface area contributed by atoms with Gasteiger partial charge in [0.1, 0.15) is 5.56 Å². The lowest BCUT2D eigenvalue weighted by molar-refractivity contribution is 0.0318. The molecule has 1 nitrogen and oxygen atoms in total. The summed E-state index contributed by atoms with van der Waals surface area (Å²) in [6, 6.07) is 0. The van der Waals surface area contributed by atoms with Gasteiger partial charge in [0.2, 0.25) is 0 Å². The van der Waals surface area contributed by atoms with E-state index >= 15 is 0 Å². The molecule has 1 rings (SSSR count). The van der Waals surface area contributed by atoms with E-state index < -0.39 is 0 Å². The molecule has 0 aliphatic carbocycles. The minimum atomic E-state index is -0.0243. The van der Waals surface area contributed by atoms with Crippen molar-refractivity contribution in [2.45, 2.75) is 25.3 Å². The van der Waals surface area contributed by atoms with Gasteiger partial charge < -0.3 is 4.74 Å². The SMILES string of the molecule is CC1CCCOC1Cl. The summed E-state index contributed by atoms with van der Waals surface area (Å²) < 4.78 is 5.16. The summed E-state index contributed by atoms with van der Waals surface area (Å²) in [5.74, 6) is 0.547. The highest BCUT2D eigenvalue weighted by atomic mass is 35.5. The first-order chi connectivity index (χ1) is 3.80. The van der Waals surface area contributed by atoms with Crippen LogP contribution in [0.1, 0.15) is 19.8 Å². The quantitative estimate of drug-likeness (QED) is 0.461. The van der Waals surface area contributed by atoms with Crippen LogP contribution in [0.25, 0.3) is 0 Å². The molecule has 2 atom stereocenters. The summed E-state index contributed by atoms with van der Waals surface area (Å²) in [4.78, 5) is 0. The van der Waals surface area contributed by atoms with Crippen molar-refractivity contribution in [1.29, 1.82) is 0 Å². The van der Waals surface area contributed by atoms with Crippen molar-refractivity contribution in [3.05, 3.63) is 0 Å². The molecule has 1 heterocycles. The van der Waals surface area contributed by atoms with Crippen molar-refractivity contribution in [2.24, 2.45) is 5.92 Å². The van der Waals surface area contributed by atoms with Gasteiger partial charge in [-0.2, -0.15) is 0 Å². The maximum Gasteiger partial charge on any atom is 0.133 e. The van der Waals surface area contributed by atoms with Gasteiger partial charge in [0.15, 0.2) is 0 Å². The molecule has 1 aliphatic rings. The first kappa shape index (κ1) is 6.37. The van der Waals surface area contributed by atoms with Gasteiger partial charge >= 0.3 is 0 Å². The van der Waals surface area contributed by atoms with E-state index in [-0.39, 0.29) is 5.56 Å². The lowest BCUT2D eigenvalue weighted by Gasteiger charge is -2.23. The van der Waals surface area contributed by atoms with Gasteiger partial charge in [0.05, 0.1) is 0 Å². The van der Waals surface area contributed by atoms with E-state index in [1.165, 1.54) is 12.8 Å². The molecule has 2 unspecified atom stereocenters. The fraction of sp³-hybridized carbons (Fsp3) is 1.00. The van der Waals surface area contributed by atoms with Gasteiger partial charge in [-0.05, 0) is 18.8 Å².